The maximum atomic E-state index is 13.4. The molecule has 2 heterocycles. The fraction of sp³-hybridized carbons (Fsp3) is 0.0455. The molecular formula is C22H14ClN3O2. The summed E-state index contributed by atoms with van der Waals surface area (Å²) in [4.78, 5) is 31.0. The Bertz CT molecular complexity index is 1520. The van der Waals surface area contributed by atoms with E-state index in [2.05, 4.69) is 4.98 Å². The summed E-state index contributed by atoms with van der Waals surface area (Å²) < 4.78 is 3.05. The summed E-state index contributed by atoms with van der Waals surface area (Å²) >= 11 is 6.22. The molecule has 0 amide bonds. The topological polar surface area (TPSA) is 56.4 Å². The van der Waals surface area contributed by atoms with Gasteiger partial charge in [0.1, 0.15) is 0 Å². The number of benzene rings is 3. The normalized spacial score (nSPS) is 11.5. The van der Waals surface area contributed by atoms with Gasteiger partial charge < -0.3 is 0 Å². The third-order valence-electron chi connectivity index (χ3n) is 4.87. The Kier molecular flexibility index (Phi) is 3.60. The van der Waals surface area contributed by atoms with E-state index in [4.69, 9.17) is 11.6 Å². The molecule has 0 saturated carbocycles. The SMILES string of the molecule is Cc1ccc(-n2c3cc(Cl)ccc3c(=O)c3nc4ccccc4c(=O)n32)cc1. The zero-order chi connectivity index (χ0) is 19.4. The second-order valence-corrected chi connectivity index (χ2v) is 7.14. The van der Waals surface area contributed by atoms with Crippen LogP contribution < -0.4 is 11.0 Å². The predicted octanol–water partition coefficient (Wildman–Crippen LogP) is 4.11. The van der Waals surface area contributed by atoms with Crippen LogP contribution in [0.15, 0.2) is 76.3 Å². The lowest BCUT2D eigenvalue weighted by molar-refractivity contribution is 0.772. The summed E-state index contributed by atoms with van der Waals surface area (Å²) in [6.07, 6.45) is 0. The molecule has 0 unspecified atom stereocenters. The van der Waals surface area contributed by atoms with E-state index in [1.54, 1.807) is 47.1 Å². The average Bonchev–Trinajstić information content (AvgIpc) is 2.70. The van der Waals surface area contributed by atoms with Gasteiger partial charge in [-0.25, -0.2) is 9.67 Å². The molecule has 5 aromatic rings. The molecule has 6 heteroatoms. The van der Waals surface area contributed by atoms with Gasteiger partial charge in [-0.2, -0.15) is 4.52 Å². The molecule has 2 aromatic heterocycles. The molecule has 3 aromatic carbocycles. The molecule has 0 bridgehead atoms. The van der Waals surface area contributed by atoms with Crippen LogP contribution in [-0.2, 0) is 0 Å². The largest absolute Gasteiger partial charge is 0.285 e. The molecule has 0 radical (unpaired) electrons. The number of rotatable bonds is 1. The van der Waals surface area contributed by atoms with Crippen molar-refractivity contribution in [2.45, 2.75) is 6.92 Å². The second-order valence-electron chi connectivity index (χ2n) is 6.71. The fourth-order valence-corrected chi connectivity index (χ4v) is 3.66. The highest BCUT2D eigenvalue weighted by molar-refractivity contribution is 6.31. The second kappa shape index (κ2) is 6.04. The number of hydrogen-bond donors (Lipinski definition) is 0. The van der Waals surface area contributed by atoms with Crippen LogP contribution in [0.25, 0.3) is 33.1 Å². The summed E-state index contributed by atoms with van der Waals surface area (Å²) in [5.74, 6) is 0. The van der Waals surface area contributed by atoms with E-state index < -0.39 is 0 Å². The summed E-state index contributed by atoms with van der Waals surface area (Å²) in [7, 11) is 0. The van der Waals surface area contributed by atoms with Crippen molar-refractivity contribution in [2.24, 2.45) is 0 Å². The summed E-state index contributed by atoms with van der Waals surface area (Å²) in [6, 6.07) is 19.8. The highest BCUT2D eigenvalue weighted by atomic mass is 35.5. The quantitative estimate of drug-likeness (QED) is 0.407. The number of para-hydroxylation sites is 1. The minimum absolute atomic E-state index is 0.0825. The first-order valence-corrected chi connectivity index (χ1v) is 9.15. The molecule has 0 aliphatic carbocycles. The molecule has 0 aliphatic rings. The van der Waals surface area contributed by atoms with E-state index in [0.29, 0.717) is 26.8 Å². The highest BCUT2D eigenvalue weighted by Crippen LogP contribution is 2.22. The van der Waals surface area contributed by atoms with Gasteiger partial charge in [-0.15, -0.1) is 0 Å². The van der Waals surface area contributed by atoms with Crippen LogP contribution in [0.2, 0.25) is 5.02 Å². The Balaban J connectivity index is 2.13. The van der Waals surface area contributed by atoms with Crippen LogP contribution in [0.5, 0.6) is 0 Å². The lowest BCUT2D eigenvalue weighted by Crippen LogP contribution is -2.29. The Morgan fingerprint density at radius 1 is 0.893 bits per heavy atom. The molecule has 0 aliphatic heterocycles. The van der Waals surface area contributed by atoms with Crippen molar-refractivity contribution in [1.29, 1.82) is 0 Å². The van der Waals surface area contributed by atoms with E-state index >= 15 is 0 Å². The Hall–Kier alpha value is -3.44. The van der Waals surface area contributed by atoms with E-state index in [9.17, 15) is 9.59 Å². The molecule has 0 saturated heterocycles. The first-order valence-electron chi connectivity index (χ1n) is 8.78. The number of aromatic nitrogens is 3. The third kappa shape index (κ3) is 2.37. The summed E-state index contributed by atoms with van der Waals surface area (Å²) in [6.45, 7) is 1.99. The van der Waals surface area contributed by atoms with Gasteiger partial charge >= 0.3 is 0 Å². The Labute approximate surface area is 164 Å². The van der Waals surface area contributed by atoms with Crippen molar-refractivity contribution in [3.8, 4) is 5.69 Å². The van der Waals surface area contributed by atoms with Crippen molar-refractivity contribution in [2.75, 3.05) is 0 Å². The van der Waals surface area contributed by atoms with Crippen LogP contribution in [0.3, 0.4) is 0 Å². The monoisotopic (exact) mass is 387 g/mol. The molecule has 136 valence electrons. The minimum Gasteiger partial charge on any atom is -0.285 e. The molecule has 5 rings (SSSR count). The van der Waals surface area contributed by atoms with Crippen molar-refractivity contribution in [1.82, 2.24) is 14.2 Å². The predicted molar refractivity (Wildman–Crippen MR) is 112 cm³/mol. The fourth-order valence-electron chi connectivity index (χ4n) is 3.50. The van der Waals surface area contributed by atoms with Crippen LogP contribution >= 0.6 is 11.6 Å². The summed E-state index contributed by atoms with van der Waals surface area (Å²) in [5.41, 5.74) is 2.34. The average molecular weight is 388 g/mol. The van der Waals surface area contributed by atoms with Gasteiger partial charge in [0, 0.05) is 5.02 Å². The lowest BCUT2D eigenvalue weighted by Gasteiger charge is -2.16. The lowest BCUT2D eigenvalue weighted by atomic mass is 10.2. The van der Waals surface area contributed by atoms with Crippen LogP contribution in [0.4, 0.5) is 0 Å². The van der Waals surface area contributed by atoms with Crippen molar-refractivity contribution in [3.05, 3.63) is 97.9 Å². The minimum atomic E-state index is -0.308. The van der Waals surface area contributed by atoms with Gasteiger partial charge in [0.05, 0.1) is 27.5 Å². The van der Waals surface area contributed by atoms with E-state index in [1.165, 1.54) is 4.52 Å². The highest BCUT2D eigenvalue weighted by Gasteiger charge is 2.17. The van der Waals surface area contributed by atoms with Crippen molar-refractivity contribution >= 4 is 39.1 Å². The Morgan fingerprint density at radius 2 is 1.64 bits per heavy atom. The molecule has 28 heavy (non-hydrogen) atoms. The zero-order valence-corrected chi connectivity index (χ0v) is 15.6. The van der Waals surface area contributed by atoms with Crippen LogP contribution in [0, 0.1) is 6.92 Å². The molecule has 0 spiro atoms. The van der Waals surface area contributed by atoms with Crippen LogP contribution in [-0.4, -0.2) is 14.2 Å². The van der Waals surface area contributed by atoms with E-state index in [0.717, 1.165) is 11.3 Å². The first kappa shape index (κ1) is 16.7. The summed E-state index contributed by atoms with van der Waals surface area (Å²) in [5, 5.41) is 1.38. The van der Waals surface area contributed by atoms with Gasteiger partial charge in [-0.05, 0) is 49.4 Å². The number of aryl methyl sites for hydroxylation is 1. The number of hydrogen-bond acceptors (Lipinski definition) is 3. The van der Waals surface area contributed by atoms with Gasteiger partial charge in [0.25, 0.3) is 5.56 Å². The van der Waals surface area contributed by atoms with Crippen molar-refractivity contribution in [3.63, 3.8) is 0 Å². The van der Waals surface area contributed by atoms with Gasteiger partial charge in [-0.1, -0.05) is 41.4 Å². The number of fused-ring (bicyclic) bond motifs is 3. The maximum Gasteiger partial charge on any atom is 0.281 e. The maximum absolute atomic E-state index is 13.4. The number of nitrogens with zero attached hydrogens (tertiary/aromatic N) is 3. The zero-order valence-electron chi connectivity index (χ0n) is 14.9. The molecule has 0 fully saturated rings. The molecule has 0 N–H and O–H groups in total. The van der Waals surface area contributed by atoms with Gasteiger partial charge in [0.2, 0.25) is 11.1 Å². The molecule has 5 nitrogen and oxygen atoms in total. The molecular weight excluding hydrogens is 374 g/mol. The Morgan fingerprint density at radius 3 is 2.43 bits per heavy atom. The van der Waals surface area contributed by atoms with Crippen molar-refractivity contribution < 1.29 is 0 Å². The van der Waals surface area contributed by atoms with Gasteiger partial charge in [0.15, 0.2) is 0 Å². The van der Waals surface area contributed by atoms with Crippen LogP contribution in [0.1, 0.15) is 5.56 Å². The standard InChI is InChI=1S/C22H14ClN3O2/c1-13-6-9-15(10-7-13)25-19-12-14(23)8-11-17(19)20(27)21-24-18-5-3-2-4-16(18)22(28)26(21)25/h2-12H,1H3. The van der Waals surface area contributed by atoms with E-state index in [1.807, 2.05) is 31.2 Å². The number of halogens is 1. The first-order chi connectivity index (χ1) is 13.5. The molecule has 0 atom stereocenters. The van der Waals surface area contributed by atoms with E-state index in [-0.39, 0.29) is 16.6 Å². The smallest absolute Gasteiger partial charge is 0.281 e. The third-order valence-corrected chi connectivity index (χ3v) is 5.10. The van der Waals surface area contributed by atoms with Gasteiger partial charge in [-0.3, -0.25) is 9.59 Å².